The van der Waals surface area contributed by atoms with Crippen molar-refractivity contribution in [3.8, 4) is 5.69 Å². The smallest absolute Gasteiger partial charge is 0.276 e. The first kappa shape index (κ1) is 19.1. The molecular formula is C21H21N5O2S. The van der Waals surface area contributed by atoms with E-state index in [2.05, 4.69) is 10.3 Å². The minimum atomic E-state index is -0.215. The lowest BCUT2D eigenvalue weighted by Crippen LogP contribution is -2.22. The Kier molecular flexibility index (Phi) is 5.02. The average molecular weight is 407 g/mol. The van der Waals surface area contributed by atoms with Crippen molar-refractivity contribution in [2.24, 2.45) is 7.05 Å². The SMILES string of the molecule is CSc1nc2ccccc2n1CC(=O)Nc1c(C)c(=O)n(-c2ccccc2)n1C. The summed E-state index contributed by atoms with van der Waals surface area (Å²) in [7, 11) is 1.76. The third-order valence-electron chi connectivity index (χ3n) is 4.85. The van der Waals surface area contributed by atoms with Crippen LogP contribution in [0.2, 0.25) is 0 Å². The summed E-state index contributed by atoms with van der Waals surface area (Å²) in [5.41, 5.74) is 2.83. The number of rotatable bonds is 5. The van der Waals surface area contributed by atoms with Crippen LogP contribution in [-0.2, 0) is 18.4 Å². The van der Waals surface area contributed by atoms with Crippen molar-refractivity contribution in [2.45, 2.75) is 18.6 Å². The van der Waals surface area contributed by atoms with Gasteiger partial charge in [-0.15, -0.1) is 0 Å². The largest absolute Gasteiger partial charge is 0.309 e. The van der Waals surface area contributed by atoms with Crippen molar-refractivity contribution < 1.29 is 4.79 Å². The molecular weight excluding hydrogens is 386 g/mol. The second kappa shape index (κ2) is 7.63. The first-order valence-electron chi connectivity index (χ1n) is 9.14. The molecule has 0 aliphatic rings. The zero-order valence-corrected chi connectivity index (χ0v) is 17.2. The molecule has 2 heterocycles. The van der Waals surface area contributed by atoms with Crippen molar-refractivity contribution in [3.05, 3.63) is 70.5 Å². The maximum absolute atomic E-state index is 12.9. The number of anilines is 1. The molecule has 0 saturated heterocycles. The molecule has 29 heavy (non-hydrogen) atoms. The molecule has 0 bridgehead atoms. The third-order valence-corrected chi connectivity index (χ3v) is 5.53. The highest BCUT2D eigenvalue weighted by Gasteiger charge is 2.19. The van der Waals surface area contributed by atoms with Crippen LogP contribution < -0.4 is 10.9 Å². The van der Waals surface area contributed by atoms with Gasteiger partial charge in [0.15, 0.2) is 5.16 Å². The van der Waals surface area contributed by atoms with Crippen molar-refractivity contribution in [1.29, 1.82) is 0 Å². The van der Waals surface area contributed by atoms with Gasteiger partial charge in [-0.2, -0.15) is 0 Å². The summed E-state index contributed by atoms with van der Waals surface area (Å²) in [5.74, 6) is 0.270. The summed E-state index contributed by atoms with van der Waals surface area (Å²) in [6.07, 6.45) is 1.93. The number of aromatic nitrogens is 4. The minimum Gasteiger partial charge on any atom is -0.309 e. The Bertz CT molecular complexity index is 1250. The highest BCUT2D eigenvalue weighted by atomic mass is 32.2. The van der Waals surface area contributed by atoms with Gasteiger partial charge >= 0.3 is 0 Å². The highest BCUT2D eigenvalue weighted by Crippen LogP contribution is 2.22. The molecule has 0 aliphatic carbocycles. The zero-order chi connectivity index (χ0) is 20.5. The quantitative estimate of drug-likeness (QED) is 0.516. The van der Waals surface area contributed by atoms with Crippen molar-refractivity contribution in [1.82, 2.24) is 18.9 Å². The van der Waals surface area contributed by atoms with Crippen molar-refractivity contribution in [2.75, 3.05) is 11.6 Å². The number of carbonyl (C=O) groups is 1. The Labute approximate surface area is 172 Å². The van der Waals surface area contributed by atoms with Crippen molar-refractivity contribution >= 4 is 34.5 Å². The fourth-order valence-corrected chi connectivity index (χ4v) is 4.02. The van der Waals surface area contributed by atoms with Gasteiger partial charge < -0.3 is 9.88 Å². The zero-order valence-electron chi connectivity index (χ0n) is 16.4. The van der Waals surface area contributed by atoms with Crippen LogP contribution in [-0.4, -0.2) is 31.1 Å². The van der Waals surface area contributed by atoms with Gasteiger partial charge in [-0.3, -0.25) is 14.3 Å². The molecule has 1 N–H and O–H groups in total. The molecule has 0 fully saturated rings. The van der Waals surface area contributed by atoms with E-state index in [1.54, 1.807) is 23.3 Å². The average Bonchev–Trinajstić information content (AvgIpc) is 3.19. The second-order valence-corrected chi connectivity index (χ2v) is 7.44. The standard InChI is InChI=1S/C21H21N5O2S/c1-14-19(24(2)26(20(14)28)15-9-5-4-6-10-15)23-18(27)13-25-17-12-8-7-11-16(17)22-21(25)29-3/h4-12H,13H2,1-3H3,(H,23,27). The van der Waals surface area contributed by atoms with Crippen LogP contribution >= 0.6 is 11.8 Å². The maximum atomic E-state index is 12.9. The molecule has 0 radical (unpaired) electrons. The van der Waals surface area contributed by atoms with Gasteiger partial charge in [0, 0.05) is 7.05 Å². The van der Waals surface area contributed by atoms with Gasteiger partial charge in [0.25, 0.3) is 5.56 Å². The fourth-order valence-electron chi connectivity index (χ4n) is 3.45. The van der Waals surface area contributed by atoms with E-state index in [-0.39, 0.29) is 18.0 Å². The van der Waals surface area contributed by atoms with Crippen LogP contribution in [0, 0.1) is 6.92 Å². The van der Waals surface area contributed by atoms with Crippen LogP contribution in [0.5, 0.6) is 0 Å². The van der Waals surface area contributed by atoms with Gasteiger partial charge in [-0.05, 0) is 37.4 Å². The van der Waals surface area contributed by atoms with Gasteiger partial charge in [-0.25, -0.2) is 9.67 Å². The van der Waals surface area contributed by atoms with E-state index < -0.39 is 0 Å². The number of benzene rings is 2. The van der Waals surface area contributed by atoms with Gasteiger partial charge in [0.2, 0.25) is 5.91 Å². The second-order valence-electron chi connectivity index (χ2n) is 6.67. The number of para-hydroxylation sites is 3. The lowest BCUT2D eigenvalue weighted by Gasteiger charge is -2.12. The number of imidazole rings is 1. The Morgan fingerprint density at radius 1 is 1.10 bits per heavy atom. The van der Waals surface area contributed by atoms with Crippen LogP contribution in [0.25, 0.3) is 16.7 Å². The van der Waals surface area contributed by atoms with E-state index in [0.717, 1.165) is 21.9 Å². The predicted molar refractivity (Wildman–Crippen MR) is 116 cm³/mol. The molecule has 0 atom stereocenters. The molecule has 4 aromatic rings. The normalized spacial score (nSPS) is 11.1. The van der Waals surface area contributed by atoms with Crippen LogP contribution in [0.1, 0.15) is 5.56 Å². The van der Waals surface area contributed by atoms with Crippen LogP contribution in [0.3, 0.4) is 0 Å². The Hall–Kier alpha value is -3.26. The van der Waals surface area contributed by atoms with E-state index in [4.69, 9.17) is 0 Å². The van der Waals surface area contributed by atoms with Gasteiger partial charge in [-0.1, -0.05) is 42.1 Å². The lowest BCUT2D eigenvalue weighted by atomic mass is 10.3. The molecule has 7 nitrogen and oxygen atoms in total. The lowest BCUT2D eigenvalue weighted by molar-refractivity contribution is -0.116. The van der Waals surface area contributed by atoms with E-state index in [9.17, 15) is 9.59 Å². The molecule has 0 spiro atoms. The predicted octanol–water partition coefficient (Wildman–Crippen LogP) is 3.19. The first-order chi connectivity index (χ1) is 14.0. The van der Waals surface area contributed by atoms with Gasteiger partial charge in [0.1, 0.15) is 12.4 Å². The number of thioether (sulfide) groups is 1. The Morgan fingerprint density at radius 2 is 1.79 bits per heavy atom. The molecule has 0 unspecified atom stereocenters. The summed E-state index contributed by atoms with van der Waals surface area (Å²) in [6.45, 7) is 1.83. The summed E-state index contributed by atoms with van der Waals surface area (Å²) >= 11 is 1.49. The number of hydrogen-bond acceptors (Lipinski definition) is 4. The molecule has 2 aromatic carbocycles. The van der Waals surface area contributed by atoms with E-state index in [1.165, 1.54) is 11.8 Å². The minimum absolute atomic E-state index is 0.112. The summed E-state index contributed by atoms with van der Waals surface area (Å²) in [6, 6.07) is 17.1. The summed E-state index contributed by atoms with van der Waals surface area (Å²) in [5, 5.41) is 3.68. The third kappa shape index (κ3) is 3.36. The molecule has 8 heteroatoms. The maximum Gasteiger partial charge on any atom is 0.276 e. The molecule has 0 saturated carbocycles. The fraction of sp³-hybridized carbons (Fsp3) is 0.190. The molecule has 0 aliphatic heterocycles. The summed E-state index contributed by atoms with van der Waals surface area (Å²) in [4.78, 5) is 30.2. The number of hydrogen-bond donors (Lipinski definition) is 1. The number of carbonyl (C=O) groups excluding carboxylic acids is 1. The number of fused-ring (bicyclic) bond motifs is 1. The van der Waals surface area contributed by atoms with E-state index in [1.807, 2.05) is 65.4 Å². The Morgan fingerprint density at radius 3 is 2.52 bits per heavy atom. The molecule has 148 valence electrons. The van der Waals surface area contributed by atoms with Crippen LogP contribution in [0.15, 0.2) is 64.5 Å². The number of nitrogens with zero attached hydrogens (tertiary/aromatic N) is 4. The monoisotopic (exact) mass is 407 g/mol. The highest BCUT2D eigenvalue weighted by molar-refractivity contribution is 7.98. The molecule has 2 aromatic heterocycles. The summed E-state index contributed by atoms with van der Waals surface area (Å²) < 4.78 is 5.11. The van der Waals surface area contributed by atoms with E-state index >= 15 is 0 Å². The van der Waals surface area contributed by atoms with E-state index in [0.29, 0.717) is 11.4 Å². The van der Waals surface area contributed by atoms with Crippen molar-refractivity contribution in [3.63, 3.8) is 0 Å². The molecule has 1 amide bonds. The van der Waals surface area contributed by atoms with Crippen LogP contribution in [0.4, 0.5) is 5.82 Å². The topological polar surface area (TPSA) is 73.8 Å². The Balaban J connectivity index is 1.66. The first-order valence-corrected chi connectivity index (χ1v) is 10.4. The number of nitrogens with one attached hydrogen (secondary N) is 1. The molecule has 4 rings (SSSR count). The number of amides is 1. The van der Waals surface area contributed by atoms with Gasteiger partial charge in [0.05, 0.1) is 22.3 Å².